The van der Waals surface area contributed by atoms with Gasteiger partial charge in [-0.1, -0.05) is 0 Å². The summed E-state index contributed by atoms with van der Waals surface area (Å²) in [5.41, 5.74) is 0.633. The summed E-state index contributed by atoms with van der Waals surface area (Å²) in [7, 11) is 1.56. The summed E-state index contributed by atoms with van der Waals surface area (Å²) in [6.45, 7) is 0. The first kappa shape index (κ1) is 14.8. The second-order valence-electron chi connectivity index (χ2n) is 4.88. The number of rotatable bonds is 4. The Balaban J connectivity index is 2.03. The average Bonchev–Trinajstić information content (AvgIpc) is 2.91. The van der Waals surface area contributed by atoms with E-state index >= 15 is 0 Å². The number of amides is 1. The largest absolute Gasteiger partial charge is 0.497 e. The molecule has 108 valence electrons. The van der Waals surface area contributed by atoms with Gasteiger partial charge in [-0.3, -0.25) is 9.59 Å². The molecule has 2 N–H and O–H groups in total. The molecule has 0 spiro atoms. The van der Waals surface area contributed by atoms with Gasteiger partial charge >= 0.3 is 5.97 Å². The van der Waals surface area contributed by atoms with Gasteiger partial charge in [-0.15, -0.1) is 0 Å². The van der Waals surface area contributed by atoms with Crippen LogP contribution in [0, 0.1) is 11.8 Å². The van der Waals surface area contributed by atoms with Gasteiger partial charge in [0.2, 0.25) is 5.91 Å². The fourth-order valence-electron chi connectivity index (χ4n) is 2.41. The van der Waals surface area contributed by atoms with Crippen LogP contribution in [0.4, 0.5) is 5.69 Å². The molecule has 1 fully saturated rings. The molecular formula is C14H16BrNO4. The minimum absolute atomic E-state index is 0.136. The summed E-state index contributed by atoms with van der Waals surface area (Å²) in [6, 6.07) is 5.31. The lowest BCUT2D eigenvalue weighted by molar-refractivity contribution is -0.141. The molecule has 0 aliphatic heterocycles. The van der Waals surface area contributed by atoms with Crippen LogP contribution in [0.25, 0.3) is 0 Å². The number of hydrogen-bond acceptors (Lipinski definition) is 3. The lowest BCUT2D eigenvalue weighted by atomic mass is 10.0. The van der Waals surface area contributed by atoms with Gasteiger partial charge in [-0.05, 0) is 47.3 Å². The van der Waals surface area contributed by atoms with Crippen molar-refractivity contribution in [3.05, 3.63) is 22.7 Å². The third-order valence-electron chi connectivity index (χ3n) is 3.58. The molecule has 0 heterocycles. The molecule has 1 amide bonds. The van der Waals surface area contributed by atoms with Crippen LogP contribution in [0.15, 0.2) is 22.7 Å². The maximum absolute atomic E-state index is 12.2. The van der Waals surface area contributed by atoms with E-state index in [1.807, 2.05) is 0 Å². The van der Waals surface area contributed by atoms with Gasteiger partial charge in [0, 0.05) is 16.5 Å². The van der Waals surface area contributed by atoms with Crippen molar-refractivity contribution < 1.29 is 19.4 Å². The van der Waals surface area contributed by atoms with Gasteiger partial charge in [0.05, 0.1) is 18.7 Å². The predicted molar refractivity (Wildman–Crippen MR) is 77.8 cm³/mol. The Morgan fingerprint density at radius 1 is 1.35 bits per heavy atom. The van der Waals surface area contributed by atoms with Crippen LogP contribution in [-0.2, 0) is 9.59 Å². The Kier molecular flexibility index (Phi) is 4.65. The summed E-state index contributed by atoms with van der Waals surface area (Å²) >= 11 is 3.37. The third kappa shape index (κ3) is 3.30. The minimum atomic E-state index is -0.817. The van der Waals surface area contributed by atoms with Crippen LogP contribution in [0.1, 0.15) is 19.3 Å². The van der Waals surface area contributed by atoms with Gasteiger partial charge in [0.1, 0.15) is 5.75 Å². The normalized spacial score (nSPS) is 21.5. The van der Waals surface area contributed by atoms with Gasteiger partial charge in [0.15, 0.2) is 0 Å². The average molecular weight is 342 g/mol. The SMILES string of the molecule is COc1ccc(Br)c(NC(=O)[C@@H]2CC[C@H](C(=O)O)C2)c1. The number of carboxylic acids is 1. The Morgan fingerprint density at radius 3 is 2.65 bits per heavy atom. The molecule has 0 saturated heterocycles. The fraction of sp³-hybridized carbons (Fsp3) is 0.429. The summed E-state index contributed by atoms with van der Waals surface area (Å²) in [5.74, 6) is -0.947. The highest BCUT2D eigenvalue weighted by molar-refractivity contribution is 9.10. The topological polar surface area (TPSA) is 75.6 Å². The van der Waals surface area contributed by atoms with E-state index in [1.54, 1.807) is 25.3 Å². The summed E-state index contributed by atoms with van der Waals surface area (Å²) in [5, 5.41) is 11.8. The van der Waals surface area contributed by atoms with Gasteiger partial charge in [-0.25, -0.2) is 0 Å². The first-order valence-electron chi connectivity index (χ1n) is 6.38. The van der Waals surface area contributed by atoms with Gasteiger partial charge in [-0.2, -0.15) is 0 Å². The van der Waals surface area contributed by atoms with E-state index in [0.717, 1.165) is 4.47 Å². The molecule has 0 bridgehead atoms. The molecule has 2 rings (SSSR count). The fourth-order valence-corrected chi connectivity index (χ4v) is 2.75. The first-order valence-corrected chi connectivity index (χ1v) is 7.17. The summed E-state index contributed by atoms with van der Waals surface area (Å²) < 4.78 is 5.88. The molecule has 6 heteroatoms. The summed E-state index contributed by atoms with van der Waals surface area (Å²) in [6.07, 6.45) is 1.58. The number of halogens is 1. The molecule has 1 aromatic carbocycles. The molecule has 5 nitrogen and oxygen atoms in total. The molecule has 20 heavy (non-hydrogen) atoms. The molecule has 1 saturated carbocycles. The molecule has 1 aliphatic rings. The Hall–Kier alpha value is -1.56. The second-order valence-corrected chi connectivity index (χ2v) is 5.73. The summed E-state index contributed by atoms with van der Waals surface area (Å²) in [4.78, 5) is 23.1. The maximum atomic E-state index is 12.2. The van der Waals surface area contributed by atoms with Crippen molar-refractivity contribution in [2.24, 2.45) is 11.8 Å². The molecule has 1 aromatic rings. The van der Waals surface area contributed by atoms with Gasteiger partial charge < -0.3 is 15.2 Å². The van der Waals surface area contributed by atoms with E-state index < -0.39 is 11.9 Å². The Bertz CT molecular complexity index is 532. The first-order chi connectivity index (χ1) is 9.51. The van der Waals surface area contributed by atoms with Gasteiger partial charge in [0.25, 0.3) is 0 Å². The van der Waals surface area contributed by atoms with Crippen molar-refractivity contribution in [1.29, 1.82) is 0 Å². The number of hydrogen-bond donors (Lipinski definition) is 2. The van der Waals surface area contributed by atoms with E-state index in [0.29, 0.717) is 30.7 Å². The number of aliphatic carboxylic acids is 1. The highest BCUT2D eigenvalue weighted by Gasteiger charge is 2.33. The van der Waals surface area contributed by atoms with E-state index in [9.17, 15) is 9.59 Å². The Labute approximate surface area is 125 Å². The number of methoxy groups -OCH3 is 1. The lowest BCUT2D eigenvalue weighted by Crippen LogP contribution is -2.21. The number of carbonyl (C=O) groups excluding carboxylic acids is 1. The van der Waals surface area contributed by atoms with Crippen molar-refractivity contribution in [1.82, 2.24) is 0 Å². The van der Waals surface area contributed by atoms with Crippen LogP contribution < -0.4 is 10.1 Å². The van der Waals surface area contributed by atoms with Crippen LogP contribution in [0.5, 0.6) is 5.75 Å². The molecule has 0 unspecified atom stereocenters. The molecule has 1 aliphatic carbocycles. The smallest absolute Gasteiger partial charge is 0.306 e. The number of benzene rings is 1. The molecule has 2 atom stereocenters. The highest BCUT2D eigenvalue weighted by atomic mass is 79.9. The monoisotopic (exact) mass is 341 g/mol. The van der Waals surface area contributed by atoms with Crippen molar-refractivity contribution in [3.63, 3.8) is 0 Å². The van der Waals surface area contributed by atoms with Crippen molar-refractivity contribution >= 4 is 33.5 Å². The predicted octanol–water partition coefficient (Wildman–Crippen LogP) is 2.90. The van der Waals surface area contributed by atoms with Crippen molar-refractivity contribution in [2.75, 3.05) is 12.4 Å². The molecular weight excluding hydrogens is 326 g/mol. The van der Waals surface area contributed by atoms with Crippen LogP contribution >= 0.6 is 15.9 Å². The van der Waals surface area contributed by atoms with Crippen molar-refractivity contribution in [3.8, 4) is 5.75 Å². The standard InChI is InChI=1S/C14H16BrNO4/c1-20-10-4-5-11(15)12(7-10)16-13(17)8-2-3-9(6-8)14(18)19/h4-5,7-9H,2-3,6H2,1H3,(H,16,17)(H,18,19)/t8-,9+/m1/s1. The second kappa shape index (κ2) is 6.26. The van der Waals surface area contributed by atoms with E-state index in [1.165, 1.54) is 0 Å². The molecule has 0 radical (unpaired) electrons. The quantitative estimate of drug-likeness (QED) is 0.882. The van der Waals surface area contributed by atoms with Crippen molar-refractivity contribution in [2.45, 2.75) is 19.3 Å². The highest BCUT2D eigenvalue weighted by Crippen LogP contribution is 2.33. The van der Waals surface area contributed by atoms with E-state index in [-0.39, 0.29) is 11.8 Å². The zero-order valence-electron chi connectivity index (χ0n) is 11.1. The zero-order chi connectivity index (χ0) is 14.7. The number of anilines is 1. The Morgan fingerprint density at radius 2 is 2.05 bits per heavy atom. The third-order valence-corrected chi connectivity index (χ3v) is 4.28. The van der Waals surface area contributed by atoms with Crippen LogP contribution in [0.2, 0.25) is 0 Å². The molecule has 0 aromatic heterocycles. The zero-order valence-corrected chi connectivity index (χ0v) is 12.6. The maximum Gasteiger partial charge on any atom is 0.306 e. The van der Waals surface area contributed by atoms with Crippen LogP contribution in [-0.4, -0.2) is 24.1 Å². The number of carbonyl (C=O) groups is 2. The number of nitrogens with one attached hydrogen (secondary N) is 1. The van der Waals surface area contributed by atoms with Crippen LogP contribution in [0.3, 0.4) is 0 Å². The number of carboxylic acid groups (broad SMARTS) is 1. The lowest BCUT2D eigenvalue weighted by Gasteiger charge is -2.13. The number of ether oxygens (including phenoxy) is 1. The van der Waals surface area contributed by atoms with E-state index in [2.05, 4.69) is 21.2 Å². The minimum Gasteiger partial charge on any atom is -0.497 e. The van der Waals surface area contributed by atoms with E-state index in [4.69, 9.17) is 9.84 Å².